The third-order valence-electron chi connectivity index (χ3n) is 1.78. The molecule has 3 heteroatoms. The molecule has 1 aromatic rings. The molecule has 74 valence electrons. The predicted molar refractivity (Wildman–Crippen MR) is 60.1 cm³/mol. The molecule has 0 radical (unpaired) electrons. The van der Waals surface area contributed by atoms with E-state index in [1.54, 1.807) is 18.7 Å². The minimum atomic E-state index is -0.742. The summed E-state index contributed by atoms with van der Waals surface area (Å²) in [6.45, 7) is 3.80. The smallest absolute Gasteiger partial charge is 0.110 e. The number of rotatable bonds is 3. The lowest BCUT2D eigenvalue weighted by atomic mass is 10.1. The summed E-state index contributed by atoms with van der Waals surface area (Å²) < 4.78 is 0. The topological polar surface area (TPSA) is 49.8 Å². The molecule has 1 unspecified atom stereocenters. The second-order valence-corrected chi connectivity index (χ2v) is 4.68. The molecule has 1 aromatic carbocycles. The van der Waals surface area contributed by atoms with Crippen molar-refractivity contribution >= 4 is 11.8 Å². The van der Waals surface area contributed by atoms with Crippen LogP contribution in [0.2, 0.25) is 0 Å². The van der Waals surface area contributed by atoms with Crippen molar-refractivity contribution in [1.29, 1.82) is 5.26 Å². The lowest BCUT2D eigenvalue weighted by Crippen LogP contribution is -2.36. The molecule has 1 atom stereocenters. The molecule has 2 N–H and O–H groups in total. The van der Waals surface area contributed by atoms with Crippen molar-refractivity contribution in [3.05, 3.63) is 29.8 Å². The Kier molecular flexibility index (Phi) is 3.56. The zero-order valence-corrected chi connectivity index (χ0v) is 9.27. The van der Waals surface area contributed by atoms with E-state index in [0.29, 0.717) is 5.75 Å². The summed E-state index contributed by atoms with van der Waals surface area (Å²) in [6, 6.07) is 10.3. The number of nitrogens with two attached hydrogens (primary N) is 1. The van der Waals surface area contributed by atoms with Gasteiger partial charge in [0.15, 0.2) is 0 Å². The van der Waals surface area contributed by atoms with E-state index in [9.17, 15) is 0 Å². The monoisotopic (exact) mass is 206 g/mol. The van der Waals surface area contributed by atoms with Crippen molar-refractivity contribution in [3.63, 3.8) is 0 Å². The van der Waals surface area contributed by atoms with E-state index in [0.717, 1.165) is 4.90 Å². The summed E-state index contributed by atoms with van der Waals surface area (Å²) in [5.41, 5.74) is 6.21. The molecule has 0 aromatic heterocycles. The summed E-state index contributed by atoms with van der Waals surface area (Å²) in [5, 5.41) is 8.74. The molecule has 0 amide bonds. The summed E-state index contributed by atoms with van der Waals surface area (Å²) in [5.74, 6) is 0.618. The Morgan fingerprint density at radius 2 is 2.29 bits per heavy atom. The molecule has 0 aliphatic heterocycles. The van der Waals surface area contributed by atoms with Gasteiger partial charge in [-0.25, -0.2) is 0 Å². The van der Waals surface area contributed by atoms with Crippen molar-refractivity contribution in [2.45, 2.75) is 24.3 Å². The van der Waals surface area contributed by atoms with Gasteiger partial charge in [0.1, 0.15) is 5.54 Å². The Morgan fingerprint density at radius 1 is 1.57 bits per heavy atom. The standard InChI is InChI=1S/C11H14N2S/c1-9-4-3-5-10(6-9)14-8-11(2,13)7-12/h3-6H,8,13H2,1-2H3. The molecule has 0 aliphatic carbocycles. The highest BCUT2D eigenvalue weighted by Gasteiger charge is 2.17. The molecule has 0 saturated carbocycles. The number of thioether (sulfide) groups is 1. The molecule has 0 aliphatic rings. The van der Waals surface area contributed by atoms with Gasteiger partial charge in [-0.15, -0.1) is 11.8 Å². The second kappa shape index (κ2) is 4.50. The molecular formula is C11H14N2S. The van der Waals surface area contributed by atoms with Crippen LogP contribution in [0.4, 0.5) is 0 Å². The van der Waals surface area contributed by atoms with E-state index in [2.05, 4.69) is 25.1 Å². The molecule has 14 heavy (non-hydrogen) atoms. The molecule has 0 heterocycles. The highest BCUT2D eigenvalue weighted by Crippen LogP contribution is 2.21. The number of aryl methyl sites for hydroxylation is 1. The van der Waals surface area contributed by atoms with Crippen LogP contribution >= 0.6 is 11.8 Å². The average Bonchev–Trinajstić information content (AvgIpc) is 2.15. The van der Waals surface area contributed by atoms with E-state index in [1.807, 2.05) is 12.1 Å². The van der Waals surface area contributed by atoms with Crippen LogP contribution in [0, 0.1) is 18.3 Å². The Bertz CT molecular complexity index is 353. The summed E-state index contributed by atoms with van der Waals surface area (Å²) in [4.78, 5) is 1.16. The Morgan fingerprint density at radius 3 is 2.86 bits per heavy atom. The maximum absolute atomic E-state index is 8.74. The number of hydrogen-bond donors (Lipinski definition) is 1. The highest BCUT2D eigenvalue weighted by molar-refractivity contribution is 7.99. The van der Waals surface area contributed by atoms with E-state index in [-0.39, 0.29) is 0 Å². The van der Waals surface area contributed by atoms with Gasteiger partial charge in [-0.1, -0.05) is 17.7 Å². The fourth-order valence-corrected chi connectivity index (χ4v) is 1.95. The maximum Gasteiger partial charge on any atom is 0.110 e. The lowest BCUT2D eigenvalue weighted by molar-refractivity contribution is 0.682. The molecule has 0 bridgehead atoms. The van der Waals surface area contributed by atoms with Gasteiger partial charge in [0.05, 0.1) is 6.07 Å². The van der Waals surface area contributed by atoms with Gasteiger partial charge in [0.2, 0.25) is 0 Å². The van der Waals surface area contributed by atoms with Gasteiger partial charge in [0.25, 0.3) is 0 Å². The molecule has 0 saturated heterocycles. The molecule has 2 nitrogen and oxygen atoms in total. The largest absolute Gasteiger partial charge is 0.313 e. The van der Waals surface area contributed by atoms with Crippen LogP contribution in [0.3, 0.4) is 0 Å². The first-order chi connectivity index (χ1) is 6.53. The number of nitriles is 1. The lowest BCUT2D eigenvalue weighted by Gasteiger charge is -2.14. The third-order valence-corrected chi connectivity index (χ3v) is 3.11. The molecule has 1 rings (SSSR count). The SMILES string of the molecule is Cc1cccc(SCC(C)(N)C#N)c1. The molecule has 0 spiro atoms. The molecule has 0 fully saturated rings. The Balaban J connectivity index is 2.59. The van der Waals surface area contributed by atoms with Crippen LogP contribution in [0.25, 0.3) is 0 Å². The first-order valence-electron chi connectivity index (χ1n) is 4.43. The van der Waals surface area contributed by atoms with Gasteiger partial charge in [-0.3, -0.25) is 0 Å². The van der Waals surface area contributed by atoms with Gasteiger partial charge >= 0.3 is 0 Å². The van der Waals surface area contributed by atoms with Gasteiger partial charge in [-0.2, -0.15) is 5.26 Å². The Labute approximate surface area is 89.1 Å². The number of benzene rings is 1. The zero-order valence-electron chi connectivity index (χ0n) is 8.45. The average molecular weight is 206 g/mol. The zero-order chi connectivity index (χ0) is 10.6. The van der Waals surface area contributed by atoms with Crippen LogP contribution in [0.1, 0.15) is 12.5 Å². The fraction of sp³-hybridized carbons (Fsp3) is 0.364. The van der Waals surface area contributed by atoms with E-state index in [4.69, 9.17) is 11.0 Å². The highest BCUT2D eigenvalue weighted by atomic mass is 32.2. The van der Waals surface area contributed by atoms with Crippen molar-refractivity contribution in [2.24, 2.45) is 5.73 Å². The van der Waals surface area contributed by atoms with Crippen molar-refractivity contribution < 1.29 is 0 Å². The van der Waals surface area contributed by atoms with E-state index in [1.165, 1.54) is 5.56 Å². The first-order valence-corrected chi connectivity index (χ1v) is 5.42. The second-order valence-electron chi connectivity index (χ2n) is 3.63. The quantitative estimate of drug-likeness (QED) is 0.772. The van der Waals surface area contributed by atoms with Gasteiger partial charge in [0, 0.05) is 10.6 Å². The van der Waals surface area contributed by atoms with Crippen LogP contribution < -0.4 is 5.73 Å². The van der Waals surface area contributed by atoms with Gasteiger partial charge < -0.3 is 5.73 Å². The minimum absolute atomic E-state index is 0.618. The summed E-state index contributed by atoms with van der Waals surface area (Å²) >= 11 is 1.62. The maximum atomic E-state index is 8.74. The van der Waals surface area contributed by atoms with Gasteiger partial charge in [-0.05, 0) is 26.0 Å². The fourth-order valence-electron chi connectivity index (χ4n) is 0.971. The van der Waals surface area contributed by atoms with E-state index < -0.39 is 5.54 Å². The number of hydrogen-bond acceptors (Lipinski definition) is 3. The van der Waals surface area contributed by atoms with Crippen molar-refractivity contribution in [1.82, 2.24) is 0 Å². The van der Waals surface area contributed by atoms with Crippen LogP contribution in [0.15, 0.2) is 29.2 Å². The van der Waals surface area contributed by atoms with Crippen LogP contribution in [0.5, 0.6) is 0 Å². The minimum Gasteiger partial charge on any atom is -0.313 e. The predicted octanol–water partition coefficient (Wildman–Crippen LogP) is 2.33. The van der Waals surface area contributed by atoms with Crippen LogP contribution in [-0.2, 0) is 0 Å². The van der Waals surface area contributed by atoms with Crippen molar-refractivity contribution in [3.8, 4) is 6.07 Å². The molecular weight excluding hydrogens is 192 g/mol. The number of nitrogens with zero attached hydrogens (tertiary/aromatic N) is 1. The van der Waals surface area contributed by atoms with Crippen LogP contribution in [-0.4, -0.2) is 11.3 Å². The van der Waals surface area contributed by atoms with E-state index >= 15 is 0 Å². The first kappa shape index (κ1) is 11.1. The third kappa shape index (κ3) is 3.41. The summed E-state index contributed by atoms with van der Waals surface area (Å²) in [6.07, 6.45) is 0. The Hall–Kier alpha value is -0.980. The normalized spacial score (nSPS) is 14.4. The van der Waals surface area contributed by atoms with Crippen molar-refractivity contribution in [2.75, 3.05) is 5.75 Å². The summed E-state index contributed by atoms with van der Waals surface area (Å²) in [7, 11) is 0.